The standard InChI is InChI=1S/C17H19ClN2O3S/c1-12-7-8-16(13(2)11-12)24(22,23)20-10-9-19-17(21)14-5-3-4-6-15(14)18/h3-8,11,20H,9-10H2,1-2H3,(H,19,21). The SMILES string of the molecule is Cc1ccc(S(=O)(=O)NCCNC(=O)c2ccccc2Cl)c(C)c1. The van der Waals surface area contributed by atoms with Crippen molar-refractivity contribution in [2.24, 2.45) is 0 Å². The molecule has 1 amide bonds. The van der Waals surface area contributed by atoms with E-state index in [1.165, 1.54) is 0 Å². The third-order valence-corrected chi connectivity index (χ3v) is 5.39. The van der Waals surface area contributed by atoms with Crippen LogP contribution in [-0.2, 0) is 10.0 Å². The van der Waals surface area contributed by atoms with Gasteiger partial charge < -0.3 is 5.32 Å². The number of rotatable bonds is 6. The summed E-state index contributed by atoms with van der Waals surface area (Å²) in [5, 5.41) is 2.99. The van der Waals surface area contributed by atoms with Crippen molar-refractivity contribution < 1.29 is 13.2 Å². The van der Waals surface area contributed by atoms with Crippen LogP contribution in [0, 0.1) is 13.8 Å². The molecule has 0 aliphatic rings. The quantitative estimate of drug-likeness (QED) is 0.772. The predicted molar refractivity (Wildman–Crippen MR) is 94.9 cm³/mol. The minimum absolute atomic E-state index is 0.0891. The lowest BCUT2D eigenvalue weighted by Crippen LogP contribution is -2.35. The minimum Gasteiger partial charge on any atom is -0.351 e. The molecule has 0 aliphatic carbocycles. The average molecular weight is 367 g/mol. The first kappa shape index (κ1) is 18.4. The summed E-state index contributed by atoms with van der Waals surface area (Å²) in [5.41, 5.74) is 2.04. The van der Waals surface area contributed by atoms with E-state index >= 15 is 0 Å². The van der Waals surface area contributed by atoms with Crippen LogP contribution in [0.4, 0.5) is 0 Å². The first-order valence-electron chi connectivity index (χ1n) is 7.41. The number of amides is 1. The van der Waals surface area contributed by atoms with Crippen LogP contribution in [0.25, 0.3) is 0 Å². The summed E-state index contributed by atoms with van der Waals surface area (Å²) in [6, 6.07) is 11.8. The van der Waals surface area contributed by atoms with Crippen LogP contribution in [0.5, 0.6) is 0 Å². The van der Waals surface area contributed by atoms with Gasteiger partial charge in [-0.25, -0.2) is 13.1 Å². The number of carbonyl (C=O) groups is 1. The molecule has 5 nitrogen and oxygen atoms in total. The molecule has 24 heavy (non-hydrogen) atoms. The molecule has 0 unspecified atom stereocenters. The maximum atomic E-state index is 12.3. The summed E-state index contributed by atoms with van der Waals surface area (Å²) in [6.07, 6.45) is 0. The van der Waals surface area contributed by atoms with E-state index in [-0.39, 0.29) is 23.9 Å². The van der Waals surface area contributed by atoms with Crippen molar-refractivity contribution in [3.63, 3.8) is 0 Å². The van der Waals surface area contributed by atoms with E-state index < -0.39 is 10.0 Å². The molecule has 0 atom stereocenters. The molecule has 2 aromatic carbocycles. The second-order valence-corrected chi connectivity index (χ2v) is 7.55. The van der Waals surface area contributed by atoms with Gasteiger partial charge in [-0.05, 0) is 37.6 Å². The summed E-state index contributed by atoms with van der Waals surface area (Å²) in [5.74, 6) is -0.341. The zero-order chi connectivity index (χ0) is 17.7. The van der Waals surface area contributed by atoms with Crippen molar-refractivity contribution in [1.29, 1.82) is 0 Å². The lowest BCUT2D eigenvalue weighted by molar-refractivity contribution is 0.0954. The fourth-order valence-electron chi connectivity index (χ4n) is 2.28. The van der Waals surface area contributed by atoms with Crippen LogP contribution in [0.1, 0.15) is 21.5 Å². The number of nitrogens with one attached hydrogen (secondary N) is 2. The highest BCUT2D eigenvalue weighted by Crippen LogP contribution is 2.16. The number of carbonyl (C=O) groups excluding carboxylic acids is 1. The molecule has 0 saturated heterocycles. The van der Waals surface area contributed by atoms with Crippen LogP contribution in [0.2, 0.25) is 5.02 Å². The summed E-state index contributed by atoms with van der Waals surface area (Å²) in [4.78, 5) is 12.2. The number of hydrogen-bond acceptors (Lipinski definition) is 3. The lowest BCUT2D eigenvalue weighted by Gasteiger charge is -2.11. The van der Waals surface area contributed by atoms with E-state index in [4.69, 9.17) is 11.6 Å². The maximum absolute atomic E-state index is 12.3. The molecule has 7 heteroatoms. The van der Waals surface area contributed by atoms with Crippen LogP contribution < -0.4 is 10.0 Å². The molecule has 0 aliphatic heterocycles. The van der Waals surface area contributed by atoms with Gasteiger partial charge in [-0.2, -0.15) is 0 Å². The molecule has 0 spiro atoms. The Balaban J connectivity index is 1.92. The van der Waals surface area contributed by atoms with Crippen LogP contribution >= 0.6 is 11.6 Å². The van der Waals surface area contributed by atoms with Crippen molar-refractivity contribution >= 4 is 27.5 Å². The van der Waals surface area contributed by atoms with Crippen LogP contribution in [0.3, 0.4) is 0 Å². The van der Waals surface area contributed by atoms with Gasteiger partial charge in [0.25, 0.3) is 5.91 Å². The van der Waals surface area contributed by atoms with Gasteiger partial charge in [-0.3, -0.25) is 4.79 Å². The molecular weight excluding hydrogens is 348 g/mol. The van der Waals surface area contributed by atoms with Crippen molar-refractivity contribution in [3.05, 3.63) is 64.2 Å². The largest absolute Gasteiger partial charge is 0.351 e. The topological polar surface area (TPSA) is 75.3 Å². The Morgan fingerprint density at radius 3 is 2.46 bits per heavy atom. The molecule has 0 bridgehead atoms. The first-order valence-corrected chi connectivity index (χ1v) is 9.27. The summed E-state index contributed by atoms with van der Waals surface area (Å²) in [6.45, 7) is 3.90. The highest BCUT2D eigenvalue weighted by molar-refractivity contribution is 7.89. The Morgan fingerprint density at radius 2 is 1.79 bits per heavy atom. The van der Waals surface area contributed by atoms with Gasteiger partial charge in [0.1, 0.15) is 0 Å². The molecule has 128 valence electrons. The van der Waals surface area contributed by atoms with Gasteiger partial charge in [-0.1, -0.05) is 41.4 Å². The lowest BCUT2D eigenvalue weighted by atomic mass is 10.2. The Kier molecular flexibility index (Phi) is 5.99. The minimum atomic E-state index is -3.61. The highest BCUT2D eigenvalue weighted by Gasteiger charge is 2.16. The van der Waals surface area contributed by atoms with E-state index in [0.717, 1.165) is 5.56 Å². The van der Waals surface area contributed by atoms with Gasteiger partial charge in [0.05, 0.1) is 15.5 Å². The molecule has 0 aromatic heterocycles. The van der Waals surface area contributed by atoms with E-state index in [1.807, 2.05) is 13.0 Å². The monoisotopic (exact) mass is 366 g/mol. The zero-order valence-corrected chi connectivity index (χ0v) is 15.0. The number of benzene rings is 2. The Morgan fingerprint density at radius 1 is 1.08 bits per heavy atom. The smallest absolute Gasteiger partial charge is 0.252 e. The maximum Gasteiger partial charge on any atom is 0.252 e. The summed E-state index contributed by atoms with van der Waals surface area (Å²) >= 11 is 5.94. The normalized spacial score (nSPS) is 11.3. The second-order valence-electron chi connectivity index (χ2n) is 5.40. The molecule has 0 heterocycles. The van der Waals surface area contributed by atoms with Crippen molar-refractivity contribution in [3.8, 4) is 0 Å². The van der Waals surface area contributed by atoms with Gasteiger partial charge in [0.15, 0.2) is 0 Å². The third kappa shape index (κ3) is 4.56. The number of sulfonamides is 1. The van der Waals surface area contributed by atoms with Crippen molar-refractivity contribution in [2.45, 2.75) is 18.7 Å². The van der Waals surface area contributed by atoms with Crippen LogP contribution in [0.15, 0.2) is 47.4 Å². The van der Waals surface area contributed by atoms with Gasteiger partial charge in [0, 0.05) is 13.1 Å². The zero-order valence-electron chi connectivity index (χ0n) is 13.5. The molecule has 2 N–H and O–H groups in total. The Hall–Kier alpha value is -1.89. The fourth-order valence-corrected chi connectivity index (χ4v) is 3.76. The van der Waals surface area contributed by atoms with Crippen molar-refractivity contribution in [1.82, 2.24) is 10.0 Å². The van der Waals surface area contributed by atoms with E-state index in [9.17, 15) is 13.2 Å². The molecule has 0 radical (unpaired) electrons. The number of hydrogen-bond donors (Lipinski definition) is 2. The fraction of sp³-hybridized carbons (Fsp3) is 0.235. The first-order chi connectivity index (χ1) is 11.3. The van der Waals surface area contributed by atoms with E-state index in [1.54, 1.807) is 43.3 Å². The number of aryl methyl sites for hydroxylation is 2. The Labute approximate surface area is 147 Å². The summed E-state index contributed by atoms with van der Waals surface area (Å²) < 4.78 is 27.1. The summed E-state index contributed by atoms with van der Waals surface area (Å²) in [7, 11) is -3.61. The molecule has 2 rings (SSSR count). The average Bonchev–Trinajstić information content (AvgIpc) is 2.51. The predicted octanol–water partition coefficient (Wildman–Crippen LogP) is 2.67. The third-order valence-electron chi connectivity index (χ3n) is 3.44. The highest BCUT2D eigenvalue weighted by atomic mass is 35.5. The molecule has 0 fully saturated rings. The molecular formula is C17H19ClN2O3S. The van der Waals surface area contributed by atoms with E-state index in [0.29, 0.717) is 16.1 Å². The molecule has 2 aromatic rings. The van der Waals surface area contributed by atoms with Gasteiger partial charge in [-0.15, -0.1) is 0 Å². The van der Waals surface area contributed by atoms with Gasteiger partial charge >= 0.3 is 0 Å². The van der Waals surface area contributed by atoms with Crippen LogP contribution in [-0.4, -0.2) is 27.4 Å². The Bertz CT molecular complexity index is 851. The second kappa shape index (κ2) is 7.79. The van der Waals surface area contributed by atoms with Gasteiger partial charge in [0.2, 0.25) is 10.0 Å². The molecule has 0 saturated carbocycles. The van der Waals surface area contributed by atoms with E-state index in [2.05, 4.69) is 10.0 Å². The number of halogens is 1. The van der Waals surface area contributed by atoms with Crippen molar-refractivity contribution in [2.75, 3.05) is 13.1 Å².